The highest BCUT2D eigenvalue weighted by atomic mass is 35.5. The summed E-state index contributed by atoms with van der Waals surface area (Å²) in [5, 5.41) is 5.45. The van der Waals surface area contributed by atoms with E-state index < -0.39 is 0 Å². The number of thiophene rings is 1. The standard InChI is InChI=1S/C28H32ClN3O4S/c1-4-19(2)14-32(28(34)30-23-7-5-6-22(29)13-23)17-27(33)31(16-26-20(3)10-11-37-26)15-21-8-9-24-25(12-21)36-18-35-24/h5-13,19H,4,14-18H2,1-3H3,(H,30,34). The Labute approximate surface area is 226 Å². The number of carbonyl (C=O) groups is 2. The van der Waals surface area contributed by atoms with E-state index in [4.69, 9.17) is 21.1 Å². The highest BCUT2D eigenvalue weighted by molar-refractivity contribution is 7.10. The van der Waals surface area contributed by atoms with E-state index in [-0.39, 0.29) is 31.2 Å². The molecule has 0 aliphatic carbocycles. The fourth-order valence-corrected chi connectivity index (χ4v) is 5.10. The quantitative estimate of drug-likeness (QED) is 0.316. The lowest BCUT2D eigenvalue weighted by atomic mass is 10.1. The van der Waals surface area contributed by atoms with Crippen molar-refractivity contribution in [3.05, 3.63) is 74.9 Å². The number of nitrogens with one attached hydrogen (secondary N) is 1. The van der Waals surface area contributed by atoms with Gasteiger partial charge in [-0.2, -0.15) is 0 Å². The van der Waals surface area contributed by atoms with Gasteiger partial charge >= 0.3 is 6.03 Å². The van der Waals surface area contributed by atoms with Gasteiger partial charge in [-0.1, -0.05) is 44.0 Å². The van der Waals surface area contributed by atoms with Crippen molar-refractivity contribution in [3.8, 4) is 11.5 Å². The van der Waals surface area contributed by atoms with Crippen molar-refractivity contribution in [2.24, 2.45) is 5.92 Å². The molecule has 9 heteroatoms. The number of halogens is 1. The SMILES string of the molecule is CCC(C)CN(CC(=O)N(Cc1ccc2c(c1)OCO2)Cc1sccc1C)C(=O)Nc1cccc(Cl)c1. The molecule has 1 N–H and O–H groups in total. The summed E-state index contributed by atoms with van der Waals surface area (Å²) in [6, 6.07) is 14.4. The van der Waals surface area contributed by atoms with Crippen LogP contribution in [0, 0.1) is 12.8 Å². The Hall–Kier alpha value is -3.23. The molecule has 3 amide bonds. The topological polar surface area (TPSA) is 71.1 Å². The third kappa shape index (κ3) is 7.17. The summed E-state index contributed by atoms with van der Waals surface area (Å²) in [6.45, 7) is 7.67. The van der Waals surface area contributed by atoms with E-state index in [9.17, 15) is 9.59 Å². The van der Waals surface area contributed by atoms with Gasteiger partial charge in [0.15, 0.2) is 11.5 Å². The maximum Gasteiger partial charge on any atom is 0.322 e. The second-order valence-corrected chi connectivity index (χ2v) is 10.7. The number of rotatable bonds is 10. The van der Waals surface area contributed by atoms with Gasteiger partial charge in [0.2, 0.25) is 12.7 Å². The van der Waals surface area contributed by atoms with E-state index in [1.165, 1.54) is 0 Å². The zero-order valence-corrected chi connectivity index (χ0v) is 22.9. The van der Waals surface area contributed by atoms with E-state index in [0.717, 1.165) is 22.4 Å². The van der Waals surface area contributed by atoms with Gasteiger partial charge in [-0.05, 0) is 65.7 Å². The number of anilines is 1. The molecular weight excluding hydrogens is 510 g/mol. The molecule has 3 aromatic rings. The van der Waals surface area contributed by atoms with Gasteiger partial charge in [0.05, 0.1) is 6.54 Å². The molecule has 0 bridgehead atoms. The molecule has 1 aromatic heterocycles. The molecule has 0 radical (unpaired) electrons. The van der Waals surface area contributed by atoms with Crippen LogP contribution in [0.5, 0.6) is 11.5 Å². The number of amides is 3. The second kappa shape index (κ2) is 12.3. The highest BCUT2D eigenvalue weighted by Gasteiger charge is 2.25. The summed E-state index contributed by atoms with van der Waals surface area (Å²) >= 11 is 7.72. The van der Waals surface area contributed by atoms with Gasteiger partial charge in [-0.25, -0.2) is 4.79 Å². The third-order valence-corrected chi connectivity index (χ3v) is 7.63. The molecule has 0 fully saturated rings. The molecular formula is C28H32ClN3O4S. The van der Waals surface area contributed by atoms with Crippen LogP contribution in [0.25, 0.3) is 0 Å². The van der Waals surface area contributed by atoms with Crippen LogP contribution in [0.1, 0.15) is 36.3 Å². The van der Waals surface area contributed by atoms with Gasteiger partial charge in [0.1, 0.15) is 6.54 Å². The van der Waals surface area contributed by atoms with Gasteiger partial charge in [0.25, 0.3) is 0 Å². The van der Waals surface area contributed by atoms with Crippen LogP contribution in [0.4, 0.5) is 10.5 Å². The predicted molar refractivity (Wildman–Crippen MR) is 147 cm³/mol. The van der Waals surface area contributed by atoms with E-state index in [1.807, 2.05) is 30.5 Å². The molecule has 7 nitrogen and oxygen atoms in total. The number of urea groups is 1. The van der Waals surface area contributed by atoms with E-state index >= 15 is 0 Å². The maximum atomic E-state index is 13.7. The van der Waals surface area contributed by atoms with Crippen molar-refractivity contribution in [1.82, 2.24) is 9.80 Å². The lowest BCUT2D eigenvalue weighted by Gasteiger charge is -2.29. The summed E-state index contributed by atoms with van der Waals surface area (Å²) in [7, 11) is 0. The van der Waals surface area contributed by atoms with Crippen molar-refractivity contribution in [2.45, 2.75) is 40.3 Å². The van der Waals surface area contributed by atoms with Crippen LogP contribution in [-0.2, 0) is 17.9 Å². The Bertz CT molecular complexity index is 1250. The Morgan fingerprint density at radius 2 is 1.89 bits per heavy atom. The highest BCUT2D eigenvalue weighted by Crippen LogP contribution is 2.33. The Balaban J connectivity index is 1.54. The third-order valence-electron chi connectivity index (χ3n) is 6.38. The van der Waals surface area contributed by atoms with E-state index in [0.29, 0.717) is 41.8 Å². The predicted octanol–water partition coefficient (Wildman–Crippen LogP) is 6.55. The summed E-state index contributed by atoms with van der Waals surface area (Å²) in [4.78, 5) is 31.5. The molecule has 1 atom stereocenters. The van der Waals surface area contributed by atoms with E-state index in [2.05, 4.69) is 25.2 Å². The molecule has 1 aliphatic rings. The number of benzene rings is 2. The normalized spacial score (nSPS) is 12.8. The Morgan fingerprint density at radius 3 is 2.62 bits per heavy atom. The first-order valence-corrected chi connectivity index (χ1v) is 13.6. The molecule has 0 spiro atoms. The van der Waals surface area contributed by atoms with Gasteiger partial charge in [-0.3, -0.25) is 4.79 Å². The van der Waals surface area contributed by atoms with Crippen molar-refractivity contribution in [3.63, 3.8) is 0 Å². The molecule has 0 saturated carbocycles. The Kier molecular flexibility index (Phi) is 8.95. The van der Waals surface area contributed by atoms with Crippen molar-refractivity contribution >= 4 is 40.6 Å². The minimum atomic E-state index is -0.328. The number of hydrogen-bond donors (Lipinski definition) is 1. The van der Waals surface area contributed by atoms with Crippen LogP contribution in [0.15, 0.2) is 53.9 Å². The lowest BCUT2D eigenvalue weighted by molar-refractivity contribution is -0.133. The monoisotopic (exact) mass is 541 g/mol. The minimum Gasteiger partial charge on any atom is -0.454 e. The van der Waals surface area contributed by atoms with Gasteiger partial charge < -0.3 is 24.6 Å². The van der Waals surface area contributed by atoms with Crippen molar-refractivity contribution in [1.29, 1.82) is 0 Å². The summed E-state index contributed by atoms with van der Waals surface area (Å²) in [5.74, 6) is 1.49. The molecule has 1 aliphatic heterocycles. The number of hydrogen-bond acceptors (Lipinski definition) is 5. The fraction of sp³-hybridized carbons (Fsp3) is 0.357. The Morgan fingerprint density at radius 1 is 1.08 bits per heavy atom. The molecule has 2 aromatic carbocycles. The molecule has 37 heavy (non-hydrogen) atoms. The average molecular weight is 542 g/mol. The minimum absolute atomic E-state index is 0.0360. The van der Waals surface area contributed by atoms with Crippen LogP contribution in [-0.4, -0.2) is 41.6 Å². The first-order chi connectivity index (χ1) is 17.8. The molecule has 1 unspecified atom stereocenters. The van der Waals surface area contributed by atoms with E-state index in [1.54, 1.807) is 45.4 Å². The molecule has 2 heterocycles. The number of carbonyl (C=O) groups excluding carboxylic acids is 2. The largest absolute Gasteiger partial charge is 0.454 e. The van der Waals surface area contributed by atoms with Crippen LogP contribution < -0.4 is 14.8 Å². The molecule has 196 valence electrons. The maximum absolute atomic E-state index is 13.7. The average Bonchev–Trinajstić information content (AvgIpc) is 3.51. The second-order valence-electron chi connectivity index (χ2n) is 9.30. The number of aryl methyl sites for hydroxylation is 1. The smallest absolute Gasteiger partial charge is 0.322 e. The summed E-state index contributed by atoms with van der Waals surface area (Å²) < 4.78 is 11.0. The molecule has 4 rings (SSSR count). The first-order valence-electron chi connectivity index (χ1n) is 12.3. The zero-order chi connectivity index (χ0) is 26.4. The van der Waals surface area contributed by atoms with Gasteiger partial charge in [0, 0.05) is 28.7 Å². The summed E-state index contributed by atoms with van der Waals surface area (Å²) in [5.41, 5.74) is 2.66. The zero-order valence-electron chi connectivity index (χ0n) is 21.3. The lowest BCUT2D eigenvalue weighted by Crippen LogP contribution is -2.45. The van der Waals surface area contributed by atoms with Crippen LogP contribution >= 0.6 is 22.9 Å². The van der Waals surface area contributed by atoms with Crippen LogP contribution in [0.3, 0.4) is 0 Å². The van der Waals surface area contributed by atoms with Gasteiger partial charge in [-0.15, -0.1) is 11.3 Å². The number of fused-ring (bicyclic) bond motifs is 1. The summed E-state index contributed by atoms with van der Waals surface area (Å²) in [6.07, 6.45) is 0.893. The first kappa shape index (κ1) is 26.8. The van der Waals surface area contributed by atoms with Crippen molar-refractivity contribution < 1.29 is 19.1 Å². The number of ether oxygens (including phenoxy) is 2. The fourth-order valence-electron chi connectivity index (χ4n) is 3.99. The van der Waals surface area contributed by atoms with Crippen LogP contribution in [0.2, 0.25) is 5.02 Å². The molecule has 0 saturated heterocycles. The number of nitrogens with zero attached hydrogens (tertiary/aromatic N) is 2. The van der Waals surface area contributed by atoms with Crippen molar-refractivity contribution in [2.75, 3.05) is 25.2 Å².